The average molecular weight is 265 g/mol. The predicted octanol–water partition coefficient (Wildman–Crippen LogP) is 3.68. The van der Waals surface area contributed by atoms with E-state index < -0.39 is 11.6 Å². The molecule has 0 radical (unpaired) electrons. The lowest BCUT2D eigenvalue weighted by atomic mass is 10.1. The van der Waals surface area contributed by atoms with Gasteiger partial charge in [0.05, 0.1) is 5.56 Å². The van der Waals surface area contributed by atoms with Crippen LogP contribution in [0.25, 0.3) is 11.3 Å². The van der Waals surface area contributed by atoms with Crippen molar-refractivity contribution in [2.75, 3.05) is 7.05 Å². The first kappa shape index (κ1) is 13.7. The monoisotopic (exact) mass is 265 g/mol. The summed E-state index contributed by atoms with van der Waals surface area (Å²) in [5.41, 5.74) is 0.307. The molecule has 0 saturated heterocycles. The zero-order valence-corrected chi connectivity index (χ0v) is 11.3. The quantitative estimate of drug-likeness (QED) is 0.912. The number of hydrogen-bond donors (Lipinski definition) is 1. The second-order valence-electron chi connectivity index (χ2n) is 4.71. The summed E-state index contributed by atoms with van der Waals surface area (Å²) in [6, 6.07) is 6.28. The van der Waals surface area contributed by atoms with Gasteiger partial charge in [-0.05, 0) is 44.7 Å². The summed E-state index contributed by atoms with van der Waals surface area (Å²) < 4.78 is 33.3. The van der Waals surface area contributed by atoms with Gasteiger partial charge in [-0.15, -0.1) is 0 Å². The molecule has 1 aromatic heterocycles. The van der Waals surface area contributed by atoms with Crippen molar-refractivity contribution in [1.82, 2.24) is 5.32 Å². The van der Waals surface area contributed by atoms with E-state index in [1.165, 1.54) is 12.1 Å². The van der Waals surface area contributed by atoms with Crippen LogP contribution in [0.2, 0.25) is 0 Å². The van der Waals surface area contributed by atoms with Crippen LogP contribution in [0.15, 0.2) is 28.7 Å². The summed E-state index contributed by atoms with van der Waals surface area (Å²) in [5.74, 6) is -0.234. The number of furan rings is 1. The van der Waals surface area contributed by atoms with Gasteiger partial charge in [-0.2, -0.15) is 0 Å². The Morgan fingerprint density at radius 1 is 1.21 bits per heavy atom. The lowest BCUT2D eigenvalue weighted by Gasteiger charge is -2.07. The van der Waals surface area contributed by atoms with Crippen molar-refractivity contribution in [3.8, 4) is 11.3 Å². The second-order valence-corrected chi connectivity index (χ2v) is 4.71. The molecule has 1 N–H and O–H groups in total. The van der Waals surface area contributed by atoms with Crippen LogP contribution in [0.3, 0.4) is 0 Å². The van der Waals surface area contributed by atoms with Gasteiger partial charge in [0.1, 0.15) is 23.2 Å². The topological polar surface area (TPSA) is 25.2 Å². The van der Waals surface area contributed by atoms with Crippen LogP contribution >= 0.6 is 0 Å². The van der Waals surface area contributed by atoms with Gasteiger partial charge in [-0.3, -0.25) is 0 Å². The van der Waals surface area contributed by atoms with Crippen molar-refractivity contribution in [1.29, 1.82) is 0 Å². The van der Waals surface area contributed by atoms with Gasteiger partial charge in [0, 0.05) is 12.5 Å². The Bertz CT molecular complexity index is 578. The van der Waals surface area contributed by atoms with Crippen molar-refractivity contribution in [2.24, 2.45) is 0 Å². The molecule has 2 aromatic rings. The molecule has 1 unspecified atom stereocenters. The third-order valence-electron chi connectivity index (χ3n) is 3.19. The van der Waals surface area contributed by atoms with Crippen molar-refractivity contribution < 1.29 is 13.2 Å². The maximum absolute atomic E-state index is 14.0. The highest BCUT2D eigenvalue weighted by molar-refractivity contribution is 5.60. The molecule has 19 heavy (non-hydrogen) atoms. The first-order valence-electron chi connectivity index (χ1n) is 6.24. The van der Waals surface area contributed by atoms with Gasteiger partial charge in [-0.25, -0.2) is 8.78 Å². The van der Waals surface area contributed by atoms with Crippen molar-refractivity contribution in [3.63, 3.8) is 0 Å². The minimum Gasteiger partial charge on any atom is -0.461 e. The van der Waals surface area contributed by atoms with E-state index in [4.69, 9.17) is 4.42 Å². The molecule has 0 aliphatic carbocycles. The number of hydrogen-bond acceptors (Lipinski definition) is 2. The highest BCUT2D eigenvalue weighted by Gasteiger charge is 2.17. The van der Waals surface area contributed by atoms with Crippen molar-refractivity contribution in [3.05, 3.63) is 47.2 Å². The van der Waals surface area contributed by atoms with Gasteiger partial charge >= 0.3 is 0 Å². The fraction of sp³-hybridized carbons (Fsp3) is 0.333. The number of halogens is 2. The van der Waals surface area contributed by atoms with Crippen molar-refractivity contribution in [2.45, 2.75) is 26.3 Å². The Hall–Kier alpha value is -1.68. The van der Waals surface area contributed by atoms with E-state index in [9.17, 15) is 8.78 Å². The molecular weight excluding hydrogens is 248 g/mol. The SMILES string of the molecule is CNC(C)Cc1ccc(-c2c(F)ccc(C)c2F)o1. The van der Waals surface area contributed by atoms with Gasteiger partial charge in [0.15, 0.2) is 0 Å². The highest BCUT2D eigenvalue weighted by atomic mass is 19.1. The van der Waals surface area contributed by atoms with Crippen LogP contribution in [0, 0.1) is 18.6 Å². The van der Waals surface area contributed by atoms with Gasteiger partial charge < -0.3 is 9.73 Å². The van der Waals surface area contributed by atoms with E-state index in [1.807, 2.05) is 14.0 Å². The van der Waals surface area contributed by atoms with Crippen LogP contribution in [-0.2, 0) is 6.42 Å². The van der Waals surface area contributed by atoms with Crippen LogP contribution < -0.4 is 5.32 Å². The molecule has 102 valence electrons. The molecule has 0 bridgehead atoms. The zero-order chi connectivity index (χ0) is 14.0. The maximum atomic E-state index is 14.0. The Kier molecular flexibility index (Phi) is 4.00. The summed E-state index contributed by atoms with van der Waals surface area (Å²) in [6.07, 6.45) is 0.672. The molecule has 0 fully saturated rings. The summed E-state index contributed by atoms with van der Waals surface area (Å²) in [5, 5.41) is 3.09. The van der Waals surface area contributed by atoms with E-state index >= 15 is 0 Å². The van der Waals surface area contributed by atoms with Gasteiger partial charge in [0.2, 0.25) is 0 Å². The molecule has 0 aliphatic heterocycles. The number of benzene rings is 1. The first-order chi connectivity index (χ1) is 9.02. The predicted molar refractivity (Wildman–Crippen MR) is 71.0 cm³/mol. The smallest absolute Gasteiger partial charge is 0.140 e. The minimum atomic E-state index is -0.606. The fourth-order valence-corrected chi connectivity index (χ4v) is 1.91. The normalized spacial score (nSPS) is 12.7. The van der Waals surface area contributed by atoms with E-state index in [1.54, 1.807) is 19.1 Å². The summed E-state index contributed by atoms with van der Waals surface area (Å²) in [4.78, 5) is 0. The van der Waals surface area contributed by atoms with E-state index in [0.717, 1.165) is 0 Å². The fourth-order valence-electron chi connectivity index (χ4n) is 1.91. The average Bonchev–Trinajstić information content (AvgIpc) is 2.82. The molecule has 1 heterocycles. The standard InChI is InChI=1S/C15H17F2NO/c1-9-4-6-12(16)14(15(9)17)13-7-5-11(19-13)8-10(2)18-3/h4-7,10,18H,8H2,1-3H3. The Morgan fingerprint density at radius 2 is 1.95 bits per heavy atom. The van der Waals surface area contributed by atoms with E-state index in [-0.39, 0.29) is 17.4 Å². The lowest BCUT2D eigenvalue weighted by Crippen LogP contribution is -2.23. The Labute approximate surface area is 111 Å². The highest BCUT2D eigenvalue weighted by Crippen LogP contribution is 2.29. The van der Waals surface area contributed by atoms with Crippen molar-refractivity contribution >= 4 is 0 Å². The molecule has 1 aromatic carbocycles. The summed E-state index contributed by atoms with van der Waals surface area (Å²) in [6.45, 7) is 3.61. The molecule has 4 heteroatoms. The second kappa shape index (κ2) is 5.53. The van der Waals surface area contributed by atoms with Gasteiger partial charge in [0.25, 0.3) is 0 Å². The molecule has 0 saturated carbocycles. The number of rotatable bonds is 4. The van der Waals surface area contributed by atoms with Crippen LogP contribution in [0.5, 0.6) is 0 Å². The Morgan fingerprint density at radius 3 is 2.63 bits per heavy atom. The van der Waals surface area contributed by atoms with Gasteiger partial charge in [-0.1, -0.05) is 6.07 Å². The number of likely N-dealkylation sites (N-methyl/N-ethyl adjacent to an activating group) is 1. The Balaban J connectivity index is 2.36. The largest absolute Gasteiger partial charge is 0.461 e. The molecule has 0 aliphatic rings. The molecule has 2 rings (SSSR count). The number of nitrogens with one attached hydrogen (secondary N) is 1. The molecule has 2 nitrogen and oxygen atoms in total. The van der Waals surface area contributed by atoms with E-state index in [2.05, 4.69) is 5.32 Å². The molecule has 1 atom stereocenters. The summed E-state index contributed by atoms with van der Waals surface area (Å²) >= 11 is 0. The minimum absolute atomic E-state index is 0.0941. The third-order valence-corrected chi connectivity index (χ3v) is 3.19. The first-order valence-corrected chi connectivity index (χ1v) is 6.24. The molecular formula is C15H17F2NO. The van der Waals surface area contributed by atoms with Crippen LogP contribution in [0.4, 0.5) is 8.78 Å². The van der Waals surface area contributed by atoms with E-state index in [0.29, 0.717) is 17.7 Å². The number of aryl methyl sites for hydroxylation is 1. The zero-order valence-electron chi connectivity index (χ0n) is 11.3. The molecule has 0 amide bonds. The molecule has 0 spiro atoms. The maximum Gasteiger partial charge on any atom is 0.140 e. The third kappa shape index (κ3) is 2.84. The van der Waals surface area contributed by atoms with Crippen LogP contribution in [-0.4, -0.2) is 13.1 Å². The van der Waals surface area contributed by atoms with Crippen LogP contribution in [0.1, 0.15) is 18.2 Å². The lowest BCUT2D eigenvalue weighted by molar-refractivity contribution is 0.474. The summed E-state index contributed by atoms with van der Waals surface area (Å²) in [7, 11) is 1.86.